The largest absolute Gasteiger partial charge is 0.326 e. The van der Waals surface area contributed by atoms with Crippen LogP contribution in [-0.4, -0.2) is 20.5 Å². The van der Waals surface area contributed by atoms with Crippen LogP contribution in [-0.2, 0) is 10.0 Å². The number of aryl methyl sites for hydroxylation is 1. The summed E-state index contributed by atoms with van der Waals surface area (Å²) in [6, 6.07) is 6.81. The molecule has 3 N–H and O–H groups in total. The van der Waals surface area contributed by atoms with E-state index in [4.69, 9.17) is 5.73 Å². The Morgan fingerprint density at radius 2 is 1.79 bits per heavy atom. The zero-order chi connectivity index (χ0) is 13.6. The maximum absolute atomic E-state index is 12.4. The van der Waals surface area contributed by atoms with Crippen molar-refractivity contribution in [3.63, 3.8) is 0 Å². The molecule has 0 radical (unpaired) electrons. The summed E-state index contributed by atoms with van der Waals surface area (Å²) in [6.45, 7) is 1.94. The summed E-state index contributed by atoms with van der Waals surface area (Å²) in [6.07, 6.45) is 3.32. The van der Waals surface area contributed by atoms with Crippen LogP contribution >= 0.6 is 0 Å². The molecule has 5 heteroatoms. The van der Waals surface area contributed by atoms with Crippen molar-refractivity contribution in [2.75, 3.05) is 0 Å². The number of nitrogens with one attached hydrogen (secondary N) is 1. The lowest BCUT2D eigenvalue weighted by Crippen LogP contribution is -2.50. The van der Waals surface area contributed by atoms with Gasteiger partial charge in [0.25, 0.3) is 0 Å². The van der Waals surface area contributed by atoms with Crippen molar-refractivity contribution in [3.8, 4) is 0 Å². The van der Waals surface area contributed by atoms with E-state index in [9.17, 15) is 8.42 Å². The van der Waals surface area contributed by atoms with Crippen molar-refractivity contribution >= 4 is 10.0 Å². The van der Waals surface area contributed by atoms with Gasteiger partial charge < -0.3 is 5.73 Å². The first kappa shape index (κ1) is 13.1. The molecule has 104 valence electrons. The summed E-state index contributed by atoms with van der Waals surface area (Å²) < 4.78 is 27.5. The summed E-state index contributed by atoms with van der Waals surface area (Å²) in [5.74, 6) is 0.913. The van der Waals surface area contributed by atoms with Gasteiger partial charge in [0.05, 0.1) is 4.90 Å². The third kappa shape index (κ3) is 2.30. The number of fused-ring (bicyclic) bond motifs is 2. The Morgan fingerprint density at radius 3 is 2.37 bits per heavy atom. The Balaban J connectivity index is 1.80. The van der Waals surface area contributed by atoms with E-state index in [1.165, 1.54) is 0 Å². The predicted molar refractivity (Wildman–Crippen MR) is 74.1 cm³/mol. The summed E-state index contributed by atoms with van der Waals surface area (Å²) >= 11 is 0. The Labute approximate surface area is 114 Å². The third-order valence-corrected chi connectivity index (χ3v) is 6.08. The average Bonchev–Trinajstić information content (AvgIpc) is 2.93. The Hall–Kier alpha value is -0.910. The summed E-state index contributed by atoms with van der Waals surface area (Å²) in [4.78, 5) is 0.327. The van der Waals surface area contributed by atoms with Gasteiger partial charge in [-0.1, -0.05) is 17.7 Å². The van der Waals surface area contributed by atoms with Crippen LogP contribution in [0.15, 0.2) is 29.2 Å². The second-order valence-electron chi connectivity index (χ2n) is 5.87. The molecule has 2 aliphatic carbocycles. The normalized spacial score (nSPS) is 33.8. The van der Waals surface area contributed by atoms with Crippen LogP contribution < -0.4 is 10.5 Å². The molecular formula is C14H20N2O2S. The maximum Gasteiger partial charge on any atom is 0.240 e. The van der Waals surface area contributed by atoms with Crippen LogP contribution in [0.4, 0.5) is 0 Å². The fraction of sp³-hybridized carbons (Fsp3) is 0.571. The van der Waals surface area contributed by atoms with Crippen LogP contribution in [0.2, 0.25) is 0 Å². The topological polar surface area (TPSA) is 72.2 Å². The summed E-state index contributed by atoms with van der Waals surface area (Å²) in [5, 5.41) is 0. The van der Waals surface area contributed by atoms with E-state index >= 15 is 0 Å². The van der Waals surface area contributed by atoms with Gasteiger partial charge in [-0.25, -0.2) is 13.1 Å². The van der Waals surface area contributed by atoms with Crippen molar-refractivity contribution in [2.45, 2.75) is 43.2 Å². The van der Waals surface area contributed by atoms with Crippen LogP contribution in [0.25, 0.3) is 0 Å². The van der Waals surface area contributed by atoms with Crippen molar-refractivity contribution in [1.29, 1.82) is 0 Å². The molecule has 3 rings (SSSR count). The van der Waals surface area contributed by atoms with Crippen LogP contribution in [0.3, 0.4) is 0 Å². The lowest BCUT2D eigenvalue weighted by molar-refractivity contribution is 0.343. The third-order valence-electron chi connectivity index (χ3n) is 4.60. The first-order valence-electron chi connectivity index (χ1n) is 6.82. The van der Waals surface area contributed by atoms with Crippen LogP contribution in [0.5, 0.6) is 0 Å². The number of hydrogen-bond acceptors (Lipinski definition) is 3. The highest BCUT2D eigenvalue weighted by Crippen LogP contribution is 2.44. The van der Waals surface area contributed by atoms with Gasteiger partial charge in [-0.2, -0.15) is 0 Å². The van der Waals surface area contributed by atoms with Crippen molar-refractivity contribution in [2.24, 2.45) is 17.6 Å². The van der Waals surface area contributed by atoms with Crippen molar-refractivity contribution in [3.05, 3.63) is 29.8 Å². The minimum absolute atomic E-state index is 0.0287. The molecule has 2 fully saturated rings. The van der Waals surface area contributed by atoms with Gasteiger partial charge >= 0.3 is 0 Å². The zero-order valence-electron chi connectivity index (χ0n) is 11.0. The first-order chi connectivity index (χ1) is 8.97. The highest BCUT2D eigenvalue weighted by molar-refractivity contribution is 7.89. The molecular weight excluding hydrogens is 260 g/mol. The molecule has 0 saturated heterocycles. The van der Waals surface area contributed by atoms with Crippen molar-refractivity contribution < 1.29 is 8.42 Å². The van der Waals surface area contributed by atoms with E-state index < -0.39 is 10.0 Å². The Morgan fingerprint density at radius 1 is 1.16 bits per heavy atom. The smallest absolute Gasteiger partial charge is 0.240 e. The number of nitrogens with two attached hydrogens (primary N) is 1. The Bertz CT molecular complexity index is 566. The van der Waals surface area contributed by atoms with E-state index in [1.807, 2.05) is 19.1 Å². The molecule has 19 heavy (non-hydrogen) atoms. The molecule has 0 amide bonds. The average molecular weight is 280 g/mol. The lowest BCUT2D eigenvalue weighted by atomic mass is 9.92. The Kier molecular flexibility index (Phi) is 3.15. The number of benzene rings is 1. The lowest BCUT2D eigenvalue weighted by Gasteiger charge is -2.28. The minimum Gasteiger partial charge on any atom is -0.326 e. The quantitative estimate of drug-likeness (QED) is 0.879. The van der Waals surface area contributed by atoms with Gasteiger partial charge in [-0.05, 0) is 50.2 Å². The van der Waals surface area contributed by atoms with Gasteiger partial charge in [0.1, 0.15) is 0 Å². The fourth-order valence-electron chi connectivity index (χ4n) is 3.48. The van der Waals surface area contributed by atoms with Gasteiger partial charge in [0, 0.05) is 12.1 Å². The monoisotopic (exact) mass is 280 g/mol. The molecule has 4 atom stereocenters. The molecule has 1 aromatic rings. The van der Waals surface area contributed by atoms with Crippen LogP contribution in [0, 0.1) is 18.8 Å². The van der Waals surface area contributed by atoms with Gasteiger partial charge in [-0.3, -0.25) is 0 Å². The zero-order valence-corrected chi connectivity index (χ0v) is 11.9. The molecule has 2 saturated carbocycles. The fourth-order valence-corrected chi connectivity index (χ4v) is 4.81. The standard InChI is InChI=1S/C14H20N2O2S/c1-9-2-6-12(7-3-9)19(17,18)16-14-11-5-4-10(8-11)13(14)15/h2-3,6-7,10-11,13-14,16H,4-5,8,15H2,1H3/t10-,11+,13-,14-/m1/s1. The van der Waals surface area contributed by atoms with Crippen LogP contribution in [0.1, 0.15) is 24.8 Å². The number of hydrogen-bond donors (Lipinski definition) is 2. The summed E-state index contributed by atoms with van der Waals surface area (Å²) in [7, 11) is -3.45. The second kappa shape index (κ2) is 4.58. The molecule has 0 unspecified atom stereocenters. The molecule has 2 aliphatic rings. The van der Waals surface area contributed by atoms with Gasteiger partial charge in [-0.15, -0.1) is 0 Å². The van der Waals surface area contributed by atoms with E-state index in [0.29, 0.717) is 16.7 Å². The molecule has 0 aromatic heterocycles. The maximum atomic E-state index is 12.4. The SMILES string of the molecule is Cc1ccc(S(=O)(=O)N[C@@H]2[C@H]3CC[C@H](C3)[C@H]2N)cc1. The predicted octanol–water partition coefficient (Wildman–Crippen LogP) is 1.40. The second-order valence-corrected chi connectivity index (χ2v) is 7.58. The van der Waals surface area contributed by atoms with Crippen molar-refractivity contribution in [1.82, 2.24) is 4.72 Å². The molecule has 0 aliphatic heterocycles. The van der Waals surface area contributed by atoms with E-state index in [1.54, 1.807) is 12.1 Å². The highest BCUT2D eigenvalue weighted by Gasteiger charge is 2.47. The van der Waals surface area contributed by atoms with E-state index in [-0.39, 0.29) is 12.1 Å². The van der Waals surface area contributed by atoms with E-state index in [0.717, 1.165) is 24.8 Å². The highest BCUT2D eigenvalue weighted by atomic mass is 32.2. The number of rotatable bonds is 3. The molecule has 0 heterocycles. The number of sulfonamides is 1. The molecule has 0 spiro atoms. The molecule has 2 bridgehead atoms. The minimum atomic E-state index is -3.45. The first-order valence-corrected chi connectivity index (χ1v) is 8.30. The molecule has 4 nitrogen and oxygen atoms in total. The van der Waals surface area contributed by atoms with E-state index in [2.05, 4.69) is 4.72 Å². The summed E-state index contributed by atoms with van der Waals surface area (Å²) in [5.41, 5.74) is 7.20. The molecule has 1 aromatic carbocycles. The van der Waals surface area contributed by atoms with Gasteiger partial charge in [0.15, 0.2) is 0 Å². The van der Waals surface area contributed by atoms with Gasteiger partial charge in [0.2, 0.25) is 10.0 Å².